The molecule has 0 unspecified atom stereocenters. The summed E-state index contributed by atoms with van der Waals surface area (Å²) >= 11 is 6.10. The van der Waals surface area contributed by atoms with Crippen molar-refractivity contribution in [3.63, 3.8) is 0 Å². The topological polar surface area (TPSA) is 62.3 Å². The lowest BCUT2D eigenvalue weighted by atomic mass is 9.92. The maximum atomic E-state index is 13.4. The van der Waals surface area contributed by atoms with Gasteiger partial charge in [-0.15, -0.1) is 0 Å². The van der Waals surface area contributed by atoms with Gasteiger partial charge in [0.15, 0.2) is 0 Å². The highest BCUT2D eigenvalue weighted by Crippen LogP contribution is 2.26. The van der Waals surface area contributed by atoms with Gasteiger partial charge in [0, 0.05) is 42.8 Å². The van der Waals surface area contributed by atoms with Gasteiger partial charge in [-0.25, -0.2) is 0 Å². The van der Waals surface area contributed by atoms with E-state index >= 15 is 0 Å². The molecule has 1 N–H and O–H groups in total. The summed E-state index contributed by atoms with van der Waals surface area (Å²) in [6, 6.07) is 19.0. The molecule has 5 nitrogen and oxygen atoms in total. The molecule has 1 aliphatic heterocycles. The number of piperazine rings is 1. The minimum absolute atomic E-state index is 0.00813. The van der Waals surface area contributed by atoms with E-state index in [2.05, 4.69) is 10.3 Å². The predicted octanol–water partition coefficient (Wildman–Crippen LogP) is 4.15. The second kappa shape index (κ2) is 9.96. The lowest BCUT2D eigenvalue weighted by molar-refractivity contribution is -0.145. The monoisotopic (exact) mass is 447 g/mol. The third-order valence-corrected chi connectivity index (χ3v) is 6.12. The third kappa shape index (κ3) is 5.00. The summed E-state index contributed by atoms with van der Waals surface area (Å²) in [5.41, 5.74) is 4.13. The smallest absolute Gasteiger partial charge is 0.243 e. The number of hydrogen-bond acceptors (Lipinski definition) is 3. The molecule has 32 heavy (non-hydrogen) atoms. The highest BCUT2D eigenvalue weighted by atomic mass is 35.5. The Hall–Kier alpha value is -3.18. The van der Waals surface area contributed by atoms with Gasteiger partial charge in [0.05, 0.1) is 0 Å². The van der Waals surface area contributed by atoms with E-state index < -0.39 is 6.04 Å². The van der Waals surface area contributed by atoms with E-state index in [4.69, 9.17) is 11.6 Å². The average Bonchev–Trinajstić information content (AvgIpc) is 2.81. The fraction of sp³-hybridized carbons (Fsp3) is 0.269. The van der Waals surface area contributed by atoms with Crippen LogP contribution in [-0.4, -0.2) is 40.8 Å². The molecule has 0 radical (unpaired) electrons. The Morgan fingerprint density at radius 1 is 1.16 bits per heavy atom. The van der Waals surface area contributed by atoms with Gasteiger partial charge in [-0.05, 0) is 52.9 Å². The zero-order valence-electron chi connectivity index (χ0n) is 18.0. The maximum absolute atomic E-state index is 13.4. The second-order valence-electron chi connectivity index (χ2n) is 8.17. The van der Waals surface area contributed by atoms with Crippen molar-refractivity contribution in [2.24, 2.45) is 5.92 Å². The van der Waals surface area contributed by atoms with Crippen LogP contribution in [0.25, 0.3) is 11.1 Å². The summed E-state index contributed by atoms with van der Waals surface area (Å²) in [7, 11) is 0. The lowest BCUT2D eigenvalue weighted by Gasteiger charge is -2.37. The molecule has 0 saturated carbocycles. The average molecular weight is 448 g/mol. The Kier molecular flexibility index (Phi) is 6.86. The molecule has 2 aromatic carbocycles. The largest absolute Gasteiger partial charge is 0.353 e. The van der Waals surface area contributed by atoms with Crippen molar-refractivity contribution in [1.29, 1.82) is 0 Å². The van der Waals surface area contributed by atoms with Crippen LogP contribution < -0.4 is 5.32 Å². The van der Waals surface area contributed by atoms with Crippen LogP contribution in [0.2, 0.25) is 5.02 Å². The molecule has 0 aliphatic carbocycles. The standard InChI is InChI=1S/C26H26ClN3O2/c1-18(15-19-5-4-7-22(27)16-19)26(32)30-14-13-29-25(31)24(30)17-21-6-2-3-8-23(21)20-9-11-28-12-10-20/h2-12,16,18,24H,13-15,17H2,1H3,(H,29,31)/t18-,24-/m1/s1. The van der Waals surface area contributed by atoms with Crippen LogP contribution in [0.4, 0.5) is 0 Å². The lowest BCUT2D eigenvalue weighted by Crippen LogP contribution is -2.59. The first-order chi connectivity index (χ1) is 15.5. The normalized spacial score (nSPS) is 17.0. The fourth-order valence-corrected chi connectivity index (χ4v) is 4.50. The summed E-state index contributed by atoms with van der Waals surface area (Å²) in [6.45, 7) is 2.89. The van der Waals surface area contributed by atoms with Crippen molar-refractivity contribution < 1.29 is 9.59 Å². The zero-order chi connectivity index (χ0) is 22.5. The number of aromatic nitrogens is 1. The van der Waals surface area contributed by atoms with Crippen LogP contribution in [0.5, 0.6) is 0 Å². The van der Waals surface area contributed by atoms with Crippen LogP contribution in [0.1, 0.15) is 18.1 Å². The molecule has 3 aromatic rings. The summed E-state index contributed by atoms with van der Waals surface area (Å²) in [4.78, 5) is 32.1. The molecule has 1 saturated heterocycles. The molecule has 6 heteroatoms. The van der Waals surface area contributed by atoms with Crippen LogP contribution in [0, 0.1) is 5.92 Å². The number of amides is 2. The molecule has 0 bridgehead atoms. The number of nitrogens with zero attached hydrogens (tertiary/aromatic N) is 2. The number of carbonyl (C=O) groups excluding carboxylic acids is 2. The van der Waals surface area contributed by atoms with Crippen LogP contribution in [0.3, 0.4) is 0 Å². The number of benzene rings is 2. The maximum Gasteiger partial charge on any atom is 0.243 e. The molecule has 1 fully saturated rings. The SMILES string of the molecule is C[C@H](Cc1cccc(Cl)c1)C(=O)N1CCNC(=O)[C@H]1Cc1ccccc1-c1ccncc1. The van der Waals surface area contributed by atoms with Crippen molar-refractivity contribution in [3.8, 4) is 11.1 Å². The molecule has 2 atom stereocenters. The van der Waals surface area contributed by atoms with E-state index in [1.165, 1.54) is 0 Å². The van der Waals surface area contributed by atoms with E-state index in [-0.39, 0.29) is 17.7 Å². The van der Waals surface area contributed by atoms with Crippen molar-refractivity contribution >= 4 is 23.4 Å². The van der Waals surface area contributed by atoms with Gasteiger partial charge in [-0.3, -0.25) is 14.6 Å². The van der Waals surface area contributed by atoms with Crippen LogP contribution in [0.15, 0.2) is 73.1 Å². The van der Waals surface area contributed by atoms with E-state index in [0.717, 1.165) is 22.3 Å². The first-order valence-electron chi connectivity index (χ1n) is 10.8. The van der Waals surface area contributed by atoms with Gasteiger partial charge < -0.3 is 10.2 Å². The number of rotatable bonds is 6. The Bertz CT molecular complexity index is 1100. The minimum atomic E-state index is -0.541. The number of pyridine rings is 1. The van der Waals surface area contributed by atoms with Gasteiger partial charge in [0.25, 0.3) is 0 Å². The predicted molar refractivity (Wildman–Crippen MR) is 126 cm³/mol. The molecule has 1 aliphatic rings. The highest BCUT2D eigenvalue weighted by molar-refractivity contribution is 6.30. The highest BCUT2D eigenvalue weighted by Gasteiger charge is 2.35. The van der Waals surface area contributed by atoms with Crippen molar-refractivity contribution in [1.82, 2.24) is 15.2 Å². The molecule has 164 valence electrons. The molecule has 2 heterocycles. The third-order valence-electron chi connectivity index (χ3n) is 5.89. The Labute approximate surface area is 193 Å². The zero-order valence-corrected chi connectivity index (χ0v) is 18.8. The second-order valence-corrected chi connectivity index (χ2v) is 8.61. The van der Waals surface area contributed by atoms with Crippen molar-refractivity contribution in [2.75, 3.05) is 13.1 Å². The first-order valence-corrected chi connectivity index (χ1v) is 11.2. The number of hydrogen-bond donors (Lipinski definition) is 1. The first kappa shape index (κ1) is 22.0. The molecular weight excluding hydrogens is 422 g/mol. The summed E-state index contributed by atoms with van der Waals surface area (Å²) < 4.78 is 0. The minimum Gasteiger partial charge on any atom is -0.353 e. The Morgan fingerprint density at radius 2 is 1.94 bits per heavy atom. The van der Waals surface area contributed by atoms with E-state index in [9.17, 15) is 9.59 Å². The van der Waals surface area contributed by atoms with Crippen molar-refractivity contribution in [3.05, 3.63) is 89.2 Å². The molecule has 1 aromatic heterocycles. The quantitative estimate of drug-likeness (QED) is 0.617. The number of carbonyl (C=O) groups is 2. The fourth-order valence-electron chi connectivity index (χ4n) is 4.29. The number of halogens is 1. The Balaban J connectivity index is 1.56. The molecule has 0 spiro atoms. The number of nitrogens with one attached hydrogen (secondary N) is 1. The summed E-state index contributed by atoms with van der Waals surface area (Å²) in [5, 5.41) is 3.59. The van der Waals surface area contributed by atoms with Gasteiger partial charge >= 0.3 is 0 Å². The van der Waals surface area contributed by atoms with Gasteiger partial charge in [0.2, 0.25) is 11.8 Å². The molecule has 4 rings (SSSR count). The Morgan fingerprint density at radius 3 is 2.72 bits per heavy atom. The van der Waals surface area contributed by atoms with Gasteiger partial charge in [-0.2, -0.15) is 0 Å². The van der Waals surface area contributed by atoms with Crippen molar-refractivity contribution in [2.45, 2.75) is 25.8 Å². The summed E-state index contributed by atoms with van der Waals surface area (Å²) in [6.07, 6.45) is 4.55. The molecular formula is C26H26ClN3O2. The van der Waals surface area contributed by atoms with Gasteiger partial charge in [0.1, 0.15) is 6.04 Å². The molecule has 2 amide bonds. The van der Waals surface area contributed by atoms with Crippen LogP contribution in [-0.2, 0) is 22.4 Å². The van der Waals surface area contributed by atoms with E-state index in [1.807, 2.05) is 67.6 Å². The van der Waals surface area contributed by atoms with Crippen LogP contribution >= 0.6 is 11.6 Å². The summed E-state index contributed by atoms with van der Waals surface area (Å²) in [5.74, 6) is -0.368. The van der Waals surface area contributed by atoms with E-state index in [1.54, 1.807) is 17.3 Å². The van der Waals surface area contributed by atoms with E-state index in [0.29, 0.717) is 31.0 Å². The van der Waals surface area contributed by atoms with Gasteiger partial charge in [-0.1, -0.05) is 54.9 Å².